The Hall–Kier alpha value is -2.67. The maximum Gasteiger partial charge on any atom is 0.216 e. The monoisotopic (exact) mass is 339 g/mol. The molecule has 1 aromatic heterocycles. The van der Waals surface area contributed by atoms with E-state index in [-0.39, 0.29) is 12.3 Å². The van der Waals surface area contributed by atoms with E-state index in [1.54, 1.807) is 12.4 Å². The molecule has 2 unspecified atom stereocenters. The van der Waals surface area contributed by atoms with Crippen LogP contribution in [0.25, 0.3) is 0 Å². The predicted octanol–water partition coefficient (Wildman–Crippen LogP) is 1.46. The summed E-state index contributed by atoms with van der Waals surface area (Å²) in [5, 5.41) is 11.3. The standard InChI is InChI=1S/C18H21N5O2/c1-13-17(19-8-10-23(13)15-6-7-21-22-12-15)25-16-4-2-14(3-5-16)18-20-9-11-24-18/h2-7,12-13,17,19H,8-11H2,1H3. The topological polar surface area (TPSA) is 71.9 Å². The number of nitrogens with one attached hydrogen (secondary N) is 1. The molecule has 1 fully saturated rings. The molecule has 2 aromatic rings. The Morgan fingerprint density at radius 2 is 2.08 bits per heavy atom. The van der Waals surface area contributed by atoms with Gasteiger partial charge in [-0.15, -0.1) is 0 Å². The SMILES string of the molecule is CC1C(Oc2ccc(C3=NCCO3)cc2)NCCN1c1ccnnc1. The molecule has 0 saturated carbocycles. The van der Waals surface area contributed by atoms with Gasteiger partial charge in [0.25, 0.3) is 0 Å². The van der Waals surface area contributed by atoms with Crippen molar-refractivity contribution in [3.63, 3.8) is 0 Å². The van der Waals surface area contributed by atoms with Crippen molar-refractivity contribution in [2.24, 2.45) is 4.99 Å². The van der Waals surface area contributed by atoms with Crippen LogP contribution < -0.4 is 15.0 Å². The Kier molecular flexibility index (Phi) is 4.47. The summed E-state index contributed by atoms with van der Waals surface area (Å²) in [6.45, 7) is 5.29. The summed E-state index contributed by atoms with van der Waals surface area (Å²) in [7, 11) is 0. The van der Waals surface area contributed by atoms with Crippen molar-refractivity contribution in [2.75, 3.05) is 31.1 Å². The summed E-state index contributed by atoms with van der Waals surface area (Å²) in [6, 6.07) is 10.0. The second kappa shape index (κ2) is 7.06. The number of benzene rings is 1. The van der Waals surface area contributed by atoms with E-state index in [0.717, 1.165) is 36.6 Å². The van der Waals surface area contributed by atoms with E-state index >= 15 is 0 Å². The second-order valence-electron chi connectivity index (χ2n) is 6.09. The van der Waals surface area contributed by atoms with Crippen molar-refractivity contribution < 1.29 is 9.47 Å². The van der Waals surface area contributed by atoms with Crippen molar-refractivity contribution >= 4 is 11.6 Å². The van der Waals surface area contributed by atoms with E-state index < -0.39 is 0 Å². The van der Waals surface area contributed by atoms with Gasteiger partial charge in [-0.05, 0) is 37.3 Å². The third kappa shape index (κ3) is 3.41. The van der Waals surface area contributed by atoms with Gasteiger partial charge in [0.05, 0.1) is 30.7 Å². The lowest BCUT2D eigenvalue weighted by Crippen LogP contribution is -2.59. The first-order valence-electron chi connectivity index (χ1n) is 8.52. The fourth-order valence-electron chi connectivity index (χ4n) is 3.16. The van der Waals surface area contributed by atoms with Crippen LogP contribution >= 0.6 is 0 Å². The average Bonchev–Trinajstić information content (AvgIpc) is 3.20. The number of anilines is 1. The Morgan fingerprint density at radius 3 is 2.80 bits per heavy atom. The van der Waals surface area contributed by atoms with Gasteiger partial charge in [-0.3, -0.25) is 5.32 Å². The fourth-order valence-corrected chi connectivity index (χ4v) is 3.16. The molecule has 7 nitrogen and oxygen atoms in total. The van der Waals surface area contributed by atoms with Crippen LogP contribution in [0.4, 0.5) is 5.69 Å². The highest BCUT2D eigenvalue weighted by atomic mass is 16.5. The molecule has 1 saturated heterocycles. The molecule has 0 radical (unpaired) electrons. The minimum absolute atomic E-state index is 0.104. The van der Waals surface area contributed by atoms with Gasteiger partial charge in [-0.25, -0.2) is 4.99 Å². The Morgan fingerprint density at radius 1 is 1.20 bits per heavy atom. The van der Waals surface area contributed by atoms with Gasteiger partial charge in [-0.1, -0.05) is 0 Å². The molecule has 0 aliphatic carbocycles. The molecule has 1 N–H and O–H groups in total. The first-order chi connectivity index (χ1) is 12.3. The van der Waals surface area contributed by atoms with Crippen LogP contribution in [0.2, 0.25) is 0 Å². The molecule has 2 aliphatic rings. The van der Waals surface area contributed by atoms with E-state index in [1.807, 2.05) is 30.3 Å². The number of rotatable bonds is 4. The zero-order valence-electron chi connectivity index (χ0n) is 14.1. The molecule has 0 amide bonds. The Balaban J connectivity index is 1.44. The fraction of sp³-hybridized carbons (Fsp3) is 0.389. The van der Waals surface area contributed by atoms with Gasteiger partial charge < -0.3 is 14.4 Å². The maximum absolute atomic E-state index is 6.17. The second-order valence-corrected chi connectivity index (χ2v) is 6.09. The predicted molar refractivity (Wildman–Crippen MR) is 95.1 cm³/mol. The van der Waals surface area contributed by atoms with E-state index in [0.29, 0.717) is 12.5 Å². The van der Waals surface area contributed by atoms with Crippen LogP contribution in [-0.4, -0.2) is 54.6 Å². The lowest BCUT2D eigenvalue weighted by atomic mass is 10.1. The van der Waals surface area contributed by atoms with Crippen LogP contribution in [0.3, 0.4) is 0 Å². The molecule has 2 atom stereocenters. The number of piperazine rings is 1. The molecular weight excluding hydrogens is 318 g/mol. The number of hydrogen-bond donors (Lipinski definition) is 1. The number of aliphatic imine (C=N–C) groups is 1. The van der Waals surface area contributed by atoms with Crippen molar-refractivity contribution in [1.82, 2.24) is 15.5 Å². The van der Waals surface area contributed by atoms with Gasteiger partial charge in [0, 0.05) is 18.7 Å². The summed E-state index contributed by atoms with van der Waals surface area (Å²) < 4.78 is 11.7. The number of hydrogen-bond acceptors (Lipinski definition) is 7. The summed E-state index contributed by atoms with van der Waals surface area (Å²) in [5.74, 6) is 1.54. The maximum atomic E-state index is 6.17. The number of ether oxygens (including phenoxy) is 2. The van der Waals surface area contributed by atoms with Crippen LogP contribution in [-0.2, 0) is 4.74 Å². The van der Waals surface area contributed by atoms with E-state index in [4.69, 9.17) is 9.47 Å². The number of nitrogens with zero attached hydrogens (tertiary/aromatic N) is 4. The van der Waals surface area contributed by atoms with Crippen molar-refractivity contribution in [3.05, 3.63) is 48.3 Å². The molecule has 3 heterocycles. The number of aromatic nitrogens is 2. The van der Waals surface area contributed by atoms with Gasteiger partial charge >= 0.3 is 0 Å². The lowest BCUT2D eigenvalue weighted by Gasteiger charge is -2.40. The summed E-state index contributed by atoms with van der Waals surface area (Å²) in [5.41, 5.74) is 2.04. The summed E-state index contributed by atoms with van der Waals surface area (Å²) >= 11 is 0. The molecule has 7 heteroatoms. The average molecular weight is 339 g/mol. The molecule has 0 bridgehead atoms. The quantitative estimate of drug-likeness (QED) is 0.909. The highest BCUT2D eigenvalue weighted by molar-refractivity contribution is 5.95. The third-order valence-corrected chi connectivity index (χ3v) is 4.48. The zero-order valence-corrected chi connectivity index (χ0v) is 14.1. The summed E-state index contributed by atoms with van der Waals surface area (Å²) in [4.78, 5) is 6.61. The normalized spacial score (nSPS) is 23.1. The molecule has 1 aromatic carbocycles. The van der Waals surface area contributed by atoms with Crippen molar-refractivity contribution in [3.8, 4) is 5.75 Å². The minimum Gasteiger partial charge on any atom is -0.476 e. The molecule has 4 rings (SSSR count). The van der Waals surface area contributed by atoms with Crippen molar-refractivity contribution in [2.45, 2.75) is 19.2 Å². The Bertz CT molecular complexity index is 735. The van der Waals surface area contributed by atoms with Crippen LogP contribution in [0, 0.1) is 0 Å². The van der Waals surface area contributed by atoms with E-state index in [1.165, 1.54) is 0 Å². The van der Waals surface area contributed by atoms with Crippen LogP contribution in [0.5, 0.6) is 5.75 Å². The third-order valence-electron chi connectivity index (χ3n) is 4.48. The van der Waals surface area contributed by atoms with Gasteiger partial charge in [0.1, 0.15) is 12.4 Å². The van der Waals surface area contributed by atoms with Gasteiger partial charge in [0.2, 0.25) is 5.90 Å². The van der Waals surface area contributed by atoms with Crippen LogP contribution in [0.15, 0.2) is 47.7 Å². The summed E-state index contributed by atoms with van der Waals surface area (Å²) in [6.07, 6.45) is 3.40. The van der Waals surface area contributed by atoms with E-state index in [9.17, 15) is 0 Å². The largest absolute Gasteiger partial charge is 0.476 e. The van der Waals surface area contributed by atoms with Gasteiger partial charge in [-0.2, -0.15) is 10.2 Å². The first-order valence-corrected chi connectivity index (χ1v) is 8.52. The first kappa shape index (κ1) is 15.8. The lowest BCUT2D eigenvalue weighted by molar-refractivity contribution is 0.122. The zero-order chi connectivity index (χ0) is 17.1. The minimum atomic E-state index is -0.104. The molecule has 25 heavy (non-hydrogen) atoms. The molecular formula is C18H21N5O2. The molecule has 2 aliphatic heterocycles. The smallest absolute Gasteiger partial charge is 0.216 e. The Labute approximate surface area is 146 Å². The van der Waals surface area contributed by atoms with Crippen LogP contribution in [0.1, 0.15) is 12.5 Å². The molecule has 0 spiro atoms. The molecule has 130 valence electrons. The highest BCUT2D eigenvalue weighted by Crippen LogP contribution is 2.22. The van der Waals surface area contributed by atoms with Gasteiger partial charge in [0.15, 0.2) is 6.23 Å². The highest BCUT2D eigenvalue weighted by Gasteiger charge is 2.29. The van der Waals surface area contributed by atoms with E-state index in [2.05, 4.69) is 32.3 Å². The van der Waals surface area contributed by atoms with Crippen molar-refractivity contribution in [1.29, 1.82) is 0 Å².